The second-order valence-corrected chi connectivity index (χ2v) is 6.92. The summed E-state index contributed by atoms with van der Waals surface area (Å²) in [7, 11) is 0. The Balaban J connectivity index is 1.59. The van der Waals surface area contributed by atoms with Gasteiger partial charge in [-0.2, -0.15) is 0 Å². The zero-order valence-corrected chi connectivity index (χ0v) is 17.4. The number of hydrogen-bond donors (Lipinski definition) is 1. The van der Waals surface area contributed by atoms with Crippen molar-refractivity contribution in [2.45, 2.75) is 13.3 Å². The normalized spacial score (nSPS) is 10.4. The highest BCUT2D eigenvalue weighted by molar-refractivity contribution is 5.94. The van der Waals surface area contributed by atoms with Crippen molar-refractivity contribution >= 4 is 22.8 Å². The maximum absolute atomic E-state index is 12.1. The lowest BCUT2D eigenvalue weighted by molar-refractivity contribution is -0.138. The zero-order chi connectivity index (χ0) is 22.1. The summed E-state index contributed by atoms with van der Waals surface area (Å²) in [6, 6.07) is 21.2. The molecule has 3 aromatic carbocycles. The predicted octanol–water partition coefficient (Wildman–Crippen LogP) is 4.67. The molecule has 3 rings (SSSR count). The van der Waals surface area contributed by atoms with Crippen LogP contribution in [0.2, 0.25) is 0 Å². The molecule has 0 saturated heterocycles. The van der Waals surface area contributed by atoms with E-state index < -0.39 is 12.1 Å². The lowest BCUT2D eigenvalue weighted by atomic mass is 10.1. The second kappa shape index (κ2) is 10.8. The molecule has 0 radical (unpaired) electrons. The van der Waals surface area contributed by atoms with Crippen molar-refractivity contribution in [2.75, 3.05) is 19.8 Å². The number of amides is 1. The molecular weight excluding hydrogens is 394 g/mol. The van der Waals surface area contributed by atoms with Gasteiger partial charge in [-0.25, -0.2) is 9.59 Å². The minimum atomic E-state index is -0.630. The minimum Gasteiger partial charge on any atom is -0.493 e. The van der Waals surface area contributed by atoms with Crippen LogP contribution in [0.5, 0.6) is 11.5 Å². The molecule has 0 bridgehead atoms. The summed E-state index contributed by atoms with van der Waals surface area (Å²) >= 11 is 0. The molecule has 3 aromatic rings. The summed E-state index contributed by atoms with van der Waals surface area (Å²) in [6.07, 6.45) is 0.167. The van der Waals surface area contributed by atoms with Crippen LogP contribution in [0, 0.1) is 0 Å². The first-order valence-corrected chi connectivity index (χ1v) is 10.0. The van der Waals surface area contributed by atoms with E-state index in [9.17, 15) is 9.59 Å². The molecule has 0 aliphatic rings. The quantitative estimate of drug-likeness (QED) is 0.310. The van der Waals surface area contributed by atoms with Gasteiger partial charge in [-0.15, -0.1) is 0 Å². The van der Waals surface area contributed by atoms with Crippen molar-refractivity contribution in [1.29, 1.82) is 0 Å². The van der Waals surface area contributed by atoms with Crippen LogP contribution in [0.3, 0.4) is 0 Å². The number of ether oxygens (including phenoxy) is 3. The fourth-order valence-corrected chi connectivity index (χ4v) is 2.95. The third kappa shape index (κ3) is 6.34. The number of nitrogens with one attached hydrogen (secondary N) is 1. The van der Waals surface area contributed by atoms with E-state index in [1.807, 2.05) is 48.5 Å². The Morgan fingerprint density at radius 1 is 0.871 bits per heavy atom. The van der Waals surface area contributed by atoms with Crippen molar-refractivity contribution in [2.24, 2.45) is 0 Å². The van der Waals surface area contributed by atoms with Crippen LogP contribution in [-0.4, -0.2) is 31.8 Å². The van der Waals surface area contributed by atoms with E-state index in [1.54, 1.807) is 13.0 Å². The average Bonchev–Trinajstić information content (AvgIpc) is 2.77. The Morgan fingerprint density at radius 3 is 2.26 bits per heavy atom. The molecule has 0 spiro atoms. The summed E-state index contributed by atoms with van der Waals surface area (Å²) in [4.78, 5) is 23.5. The molecular formula is C25H25NO5. The molecule has 0 unspecified atom stereocenters. The van der Waals surface area contributed by atoms with Gasteiger partial charge in [-0.1, -0.05) is 61.2 Å². The van der Waals surface area contributed by atoms with E-state index in [1.165, 1.54) is 5.56 Å². The van der Waals surface area contributed by atoms with E-state index in [0.717, 1.165) is 22.9 Å². The van der Waals surface area contributed by atoms with Crippen molar-refractivity contribution in [1.82, 2.24) is 5.32 Å². The molecule has 0 aliphatic heterocycles. The van der Waals surface area contributed by atoms with Gasteiger partial charge in [0, 0.05) is 22.8 Å². The van der Waals surface area contributed by atoms with Gasteiger partial charge in [0.25, 0.3) is 0 Å². The molecule has 160 valence electrons. The molecule has 0 atom stereocenters. The molecule has 6 heteroatoms. The van der Waals surface area contributed by atoms with Crippen LogP contribution in [0.4, 0.5) is 4.79 Å². The van der Waals surface area contributed by atoms with Crippen LogP contribution < -0.4 is 14.8 Å². The summed E-state index contributed by atoms with van der Waals surface area (Å²) in [5.74, 6) is 0.650. The van der Waals surface area contributed by atoms with Gasteiger partial charge in [0.05, 0.1) is 13.2 Å². The van der Waals surface area contributed by atoms with E-state index >= 15 is 0 Å². The first-order chi connectivity index (χ1) is 15.0. The molecule has 1 N–H and O–H groups in total. The fourth-order valence-electron chi connectivity index (χ4n) is 2.95. The fraction of sp³-hybridized carbons (Fsp3) is 0.200. The molecule has 0 aliphatic carbocycles. The molecule has 6 nitrogen and oxygen atoms in total. The highest BCUT2D eigenvalue weighted by Gasteiger charge is 2.11. The number of carbonyl (C=O) groups excluding carboxylic acids is 2. The van der Waals surface area contributed by atoms with Gasteiger partial charge >= 0.3 is 12.1 Å². The van der Waals surface area contributed by atoms with Crippen LogP contribution in [-0.2, 0) is 16.0 Å². The smallest absolute Gasteiger partial charge is 0.412 e. The Kier molecular flexibility index (Phi) is 7.65. The Labute approximate surface area is 181 Å². The maximum Gasteiger partial charge on any atom is 0.412 e. The molecule has 0 aromatic heterocycles. The van der Waals surface area contributed by atoms with Gasteiger partial charge in [0.1, 0.15) is 18.1 Å². The third-order valence-electron chi connectivity index (χ3n) is 4.49. The van der Waals surface area contributed by atoms with Crippen molar-refractivity contribution < 1.29 is 23.8 Å². The first-order valence-electron chi connectivity index (χ1n) is 10.0. The zero-order valence-electron chi connectivity index (χ0n) is 17.4. The van der Waals surface area contributed by atoms with E-state index in [0.29, 0.717) is 17.9 Å². The predicted molar refractivity (Wildman–Crippen MR) is 119 cm³/mol. The average molecular weight is 419 g/mol. The van der Waals surface area contributed by atoms with Crippen LogP contribution in [0.1, 0.15) is 12.5 Å². The summed E-state index contributed by atoms with van der Waals surface area (Å²) < 4.78 is 16.4. The summed E-state index contributed by atoms with van der Waals surface area (Å²) in [6.45, 7) is 5.77. The maximum atomic E-state index is 12.1. The van der Waals surface area contributed by atoms with Crippen LogP contribution >= 0.6 is 0 Å². The molecule has 0 fully saturated rings. The number of hydrogen-bond acceptors (Lipinski definition) is 5. The molecule has 1 amide bonds. The monoisotopic (exact) mass is 419 g/mol. The molecule has 0 saturated carbocycles. The highest BCUT2D eigenvalue weighted by atomic mass is 16.6. The van der Waals surface area contributed by atoms with Crippen molar-refractivity contribution in [3.8, 4) is 11.5 Å². The van der Waals surface area contributed by atoms with Gasteiger partial charge in [-0.3, -0.25) is 0 Å². The van der Waals surface area contributed by atoms with E-state index in [2.05, 4.69) is 24.0 Å². The number of carbonyl (C=O) groups is 2. The number of esters is 1. The lowest BCUT2D eigenvalue weighted by Crippen LogP contribution is -2.30. The van der Waals surface area contributed by atoms with Gasteiger partial charge in [-0.05, 0) is 24.6 Å². The first kappa shape index (κ1) is 21.9. The SMILES string of the molecule is C=C(C)C(=O)OCCNC(=O)Oc1cccc2c(OCCc3ccccc3)cccc12. The molecule has 0 heterocycles. The highest BCUT2D eigenvalue weighted by Crippen LogP contribution is 2.32. The van der Waals surface area contributed by atoms with Crippen molar-refractivity contribution in [3.63, 3.8) is 0 Å². The summed E-state index contributed by atoms with van der Waals surface area (Å²) in [5.41, 5.74) is 1.51. The Bertz CT molecular complexity index is 1060. The standard InChI is InChI=1S/C25H25NO5/c1-18(2)24(27)30-17-15-26-25(28)31-23-13-7-10-20-21(23)11-6-12-22(20)29-16-14-19-8-4-3-5-9-19/h3-13H,1,14-17H2,2H3,(H,26,28). The Hall–Kier alpha value is -3.80. The number of benzene rings is 3. The third-order valence-corrected chi connectivity index (χ3v) is 4.49. The summed E-state index contributed by atoms with van der Waals surface area (Å²) in [5, 5.41) is 4.18. The minimum absolute atomic E-state index is 0.0374. The van der Waals surface area contributed by atoms with Gasteiger partial charge in [0.2, 0.25) is 0 Å². The van der Waals surface area contributed by atoms with Gasteiger partial charge < -0.3 is 19.5 Å². The number of fused-ring (bicyclic) bond motifs is 1. The van der Waals surface area contributed by atoms with Gasteiger partial charge in [0.15, 0.2) is 0 Å². The van der Waals surface area contributed by atoms with Crippen molar-refractivity contribution in [3.05, 3.63) is 84.4 Å². The topological polar surface area (TPSA) is 73.9 Å². The lowest BCUT2D eigenvalue weighted by Gasteiger charge is -2.12. The van der Waals surface area contributed by atoms with E-state index in [4.69, 9.17) is 14.2 Å². The number of rotatable bonds is 9. The van der Waals surface area contributed by atoms with Crippen LogP contribution in [0.25, 0.3) is 10.8 Å². The van der Waals surface area contributed by atoms with E-state index in [-0.39, 0.29) is 13.2 Å². The largest absolute Gasteiger partial charge is 0.493 e. The second-order valence-electron chi connectivity index (χ2n) is 6.92. The van der Waals surface area contributed by atoms with Crippen LogP contribution in [0.15, 0.2) is 78.9 Å². The Morgan fingerprint density at radius 2 is 1.55 bits per heavy atom. The molecule has 31 heavy (non-hydrogen) atoms.